The van der Waals surface area contributed by atoms with E-state index in [1.165, 1.54) is 36.0 Å². The molecule has 216 valence electrons. The number of rotatable bonds is 10. The van der Waals surface area contributed by atoms with E-state index in [0.29, 0.717) is 44.9 Å². The van der Waals surface area contributed by atoms with Crippen LogP contribution in [0.1, 0.15) is 11.1 Å². The molecule has 1 N–H and O–H groups in total. The number of hydrogen-bond donors (Lipinski definition) is 1. The molecule has 0 spiro atoms. The number of carbonyl (C=O) groups is 1. The average Bonchev–Trinajstić information content (AvgIpc) is 2.99. The molecule has 0 aliphatic carbocycles. The van der Waals surface area contributed by atoms with Crippen molar-refractivity contribution in [2.24, 2.45) is 0 Å². The molecule has 3 nitrogen and oxygen atoms in total. The van der Waals surface area contributed by atoms with Gasteiger partial charge in [0.05, 0.1) is 10.0 Å². The molecule has 0 bridgehead atoms. The maximum atomic E-state index is 13.7. The standard InChI is InChI=1S/C35H24Cl2F2O3S/c1-2-19-43-33-6-4-3-5-32(33)42-35(34(40)41,24-11-7-22(8-12-24)28-17-15-26(38)20-30(28)36)25-13-9-23(10-14-25)29-18-16-27(39)21-31(29)37/h2-18,20-21H,1,19H2,(H,40,41). The molecule has 5 aromatic carbocycles. The Morgan fingerprint density at radius 3 is 1.72 bits per heavy atom. The van der Waals surface area contributed by atoms with Crippen molar-refractivity contribution in [3.05, 3.63) is 155 Å². The van der Waals surface area contributed by atoms with Gasteiger partial charge in [0.25, 0.3) is 5.60 Å². The lowest BCUT2D eigenvalue weighted by atomic mass is 9.84. The Morgan fingerprint density at radius 1 is 0.791 bits per heavy atom. The van der Waals surface area contributed by atoms with Gasteiger partial charge in [-0.15, -0.1) is 18.3 Å². The van der Waals surface area contributed by atoms with E-state index in [0.717, 1.165) is 4.90 Å². The first-order valence-electron chi connectivity index (χ1n) is 13.1. The molecule has 8 heteroatoms. The number of carboxylic acid groups (broad SMARTS) is 1. The maximum absolute atomic E-state index is 13.7. The van der Waals surface area contributed by atoms with Crippen molar-refractivity contribution in [1.82, 2.24) is 0 Å². The highest BCUT2D eigenvalue weighted by Gasteiger charge is 2.46. The third-order valence-electron chi connectivity index (χ3n) is 6.84. The second kappa shape index (κ2) is 13.0. The average molecular weight is 634 g/mol. The van der Waals surface area contributed by atoms with E-state index < -0.39 is 23.2 Å². The summed E-state index contributed by atoms with van der Waals surface area (Å²) in [6, 6.07) is 29.0. The Kier molecular flexibility index (Phi) is 9.21. The summed E-state index contributed by atoms with van der Waals surface area (Å²) in [6.07, 6.45) is 1.75. The smallest absolute Gasteiger partial charge is 0.357 e. The second-order valence-electron chi connectivity index (χ2n) is 9.54. The van der Waals surface area contributed by atoms with Crippen LogP contribution >= 0.6 is 35.0 Å². The van der Waals surface area contributed by atoms with E-state index >= 15 is 0 Å². The van der Waals surface area contributed by atoms with E-state index in [2.05, 4.69) is 6.58 Å². The molecule has 0 atom stereocenters. The molecule has 0 unspecified atom stereocenters. The summed E-state index contributed by atoms with van der Waals surface area (Å²) in [5, 5.41) is 11.4. The van der Waals surface area contributed by atoms with Crippen molar-refractivity contribution in [3.8, 4) is 28.0 Å². The van der Waals surface area contributed by atoms with E-state index in [9.17, 15) is 18.7 Å². The van der Waals surface area contributed by atoms with Crippen LogP contribution in [0.25, 0.3) is 22.3 Å². The molecular formula is C35H24Cl2F2O3S. The molecule has 5 aromatic rings. The van der Waals surface area contributed by atoms with Gasteiger partial charge in [-0.25, -0.2) is 13.6 Å². The van der Waals surface area contributed by atoms with Crippen LogP contribution < -0.4 is 4.74 Å². The fourth-order valence-corrected chi connectivity index (χ4v) is 6.04. The lowest BCUT2D eigenvalue weighted by molar-refractivity contribution is -0.152. The highest BCUT2D eigenvalue weighted by molar-refractivity contribution is 7.99. The summed E-state index contributed by atoms with van der Waals surface area (Å²) in [4.78, 5) is 14.1. The molecule has 5 rings (SSSR count). The number of benzene rings is 5. The fraction of sp³-hybridized carbons (Fsp3) is 0.0571. The summed E-state index contributed by atoms with van der Waals surface area (Å²) in [5.41, 5.74) is 1.27. The van der Waals surface area contributed by atoms with E-state index in [4.69, 9.17) is 27.9 Å². The maximum Gasteiger partial charge on any atom is 0.357 e. The molecule has 0 aliphatic heterocycles. The number of thioether (sulfide) groups is 1. The molecule has 0 aromatic heterocycles. The number of aliphatic carboxylic acids is 1. The molecular weight excluding hydrogens is 609 g/mol. The van der Waals surface area contributed by atoms with Crippen LogP contribution in [0.3, 0.4) is 0 Å². The zero-order valence-corrected chi connectivity index (χ0v) is 24.9. The van der Waals surface area contributed by atoms with E-state index in [-0.39, 0.29) is 10.0 Å². The predicted molar refractivity (Wildman–Crippen MR) is 170 cm³/mol. The van der Waals surface area contributed by atoms with Gasteiger partial charge in [0.2, 0.25) is 0 Å². The third-order valence-corrected chi connectivity index (χ3v) is 8.51. The molecule has 0 fully saturated rings. The monoisotopic (exact) mass is 632 g/mol. The van der Waals surface area contributed by atoms with Gasteiger partial charge < -0.3 is 9.84 Å². The Balaban J connectivity index is 1.65. The largest absolute Gasteiger partial charge is 0.478 e. The van der Waals surface area contributed by atoms with Gasteiger partial charge in [0.1, 0.15) is 17.4 Å². The second-order valence-corrected chi connectivity index (χ2v) is 11.4. The van der Waals surface area contributed by atoms with Crippen LogP contribution in [0.4, 0.5) is 8.78 Å². The summed E-state index contributed by atoms with van der Waals surface area (Å²) in [7, 11) is 0. The highest BCUT2D eigenvalue weighted by Crippen LogP contribution is 2.41. The van der Waals surface area contributed by atoms with E-state index in [1.807, 2.05) is 12.1 Å². The minimum atomic E-state index is -1.97. The Morgan fingerprint density at radius 2 is 1.28 bits per heavy atom. The van der Waals surface area contributed by atoms with Crippen molar-refractivity contribution in [1.29, 1.82) is 0 Å². The summed E-state index contributed by atoms with van der Waals surface area (Å²) in [6.45, 7) is 3.78. The van der Waals surface area contributed by atoms with Crippen molar-refractivity contribution < 1.29 is 23.4 Å². The van der Waals surface area contributed by atoms with Gasteiger partial charge in [-0.2, -0.15) is 0 Å². The molecule has 0 saturated carbocycles. The van der Waals surface area contributed by atoms with Crippen molar-refractivity contribution in [3.63, 3.8) is 0 Å². The van der Waals surface area contributed by atoms with Crippen LogP contribution in [0, 0.1) is 11.6 Å². The fourth-order valence-electron chi connectivity index (χ4n) is 4.76. The molecule has 0 aliphatic rings. The van der Waals surface area contributed by atoms with Crippen LogP contribution in [-0.2, 0) is 10.4 Å². The number of hydrogen-bond acceptors (Lipinski definition) is 3. The minimum Gasteiger partial charge on any atom is -0.478 e. The first-order chi connectivity index (χ1) is 20.7. The van der Waals surface area contributed by atoms with Crippen LogP contribution in [-0.4, -0.2) is 16.8 Å². The van der Waals surface area contributed by atoms with E-state index in [1.54, 1.807) is 78.9 Å². The summed E-state index contributed by atoms with van der Waals surface area (Å²) < 4.78 is 33.8. The number of halogens is 4. The predicted octanol–water partition coefficient (Wildman–Crippen LogP) is 10.3. The number of carboxylic acids is 1. The van der Waals surface area contributed by atoms with Crippen molar-refractivity contribution >= 4 is 40.9 Å². The first-order valence-corrected chi connectivity index (χ1v) is 14.8. The van der Waals surface area contributed by atoms with Crippen molar-refractivity contribution in [2.75, 3.05) is 5.75 Å². The summed E-state index contributed by atoms with van der Waals surface area (Å²) in [5.74, 6) is -1.17. The zero-order chi connectivity index (χ0) is 30.6. The van der Waals surface area contributed by atoms with Crippen molar-refractivity contribution in [2.45, 2.75) is 10.5 Å². The van der Waals surface area contributed by atoms with Gasteiger partial charge in [0.15, 0.2) is 0 Å². The zero-order valence-electron chi connectivity index (χ0n) is 22.6. The molecule has 0 radical (unpaired) electrons. The molecule has 43 heavy (non-hydrogen) atoms. The molecule has 0 amide bonds. The lowest BCUT2D eigenvalue weighted by Gasteiger charge is -2.32. The van der Waals surface area contributed by atoms with Crippen LogP contribution in [0.15, 0.2) is 127 Å². The van der Waals surface area contributed by atoms with Gasteiger partial charge in [-0.3, -0.25) is 0 Å². The SMILES string of the molecule is C=CCSc1ccccc1OC(C(=O)O)(c1ccc(-c2ccc(F)cc2Cl)cc1)c1ccc(-c2ccc(F)cc2Cl)cc1. The van der Waals surface area contributed by atoms with Gasteiger partial charge >= 0.3 is 5.97 Å². The number of para-hydroxylation sites is 1. The summed E-state index contributed by atoms with van der Waals surface area (Å²) >= 11 is 14.1. The minimum absolute atomic E-state index is 0.233. The van der Waals surface area contributed by atoms with Crippen LogP contribution in [0.2, 0.25) is 10.0 Å². The Labute approximate surface area is 262 Å². The highest BCUT2D eigenvalue weighted by atomic mass is 35.5. The van der Waals surface area contributed by atoms with Gasteiger partial charge in [-0.1, -0.05) is 89.9 Å². The Bertz CT molecular complexity index is 1700. The van der Waals surface area contributed by atoms with Gasteiger partial charge in [-0.05, 0) is 59.7 Å². The Hall–Kier alpha value is -4.10. The first kappa shape index (κ1) is 30.4. The quantitative estimate of drug-likeness (QED) is 0.123. The lowest BCUT2D eigenvalue weighted by Crippen LogP contribution is -2.43. The topological polar surface area (TPSA) is 46.5 Å². The normalized spacial score (nSPS) is 11.3. The number of ether oxygens (including phenoxy) is 1. The molecule has 0 heterocycles. The third kappa shape index (κ3) is 6.32. The van der Waals surface area contributed by atoms with Crippen LogP contribution in [0.5, 0.6) is 5.75 Å². The van der Waals surface area contributed by atoms with Gasteiger partial charge in [0, 0.05) is 32.9 Å². The molecule has 0 saturated heterocycles.